The van der Waals surface area contributed by atoms with E-state index in [1.807, 2.05) is 0 Å². The number of hydrogen-bond donors (Lipinski definition) is 2. The van der Waals surface area contributed by atoms with Crippen molar-refractivity contribution < 1.29 is 9.90 Å². The second-order valence-electron chi connectivity index (χ2n) is 5.62. The summed E-state index contributed by atoms with van der Waals surface area (Å²) < 4.78 is 0. The van der Waals surface area contributed by atoms with Crippen LogP contribution < -0.4 is 5.32 Å². The number of carbonyl (C=O) groups is 1. The minimum absolute atomic E-state index is 0.361. The molecule has 17 heavy (non-hydrogen) atoms. The van der Waals surface area contributed by atoms with Gasteiger partial charge in [0.1, 0.15) is 6.04 Å². The van der Waals surface area contributed by atoms with Gasteiger partial charge in [-0.2, -0.15) is 0 Å². The Bertz CT molecular complexity index is 244. The van der Waals surface area contributed by atoms with E-state index in [1.54, 1.807) is 0 Å². The lowest BCUT2D eigenvalue weighted by Gasteiger charge is -2.23. The Kier molecular flexibility index (Phi) is 5.92. The van der Waals surface area contributed by atoms with Gasteiger partial charge in [0.2, 0.25) is 0 Å². The van der Waals surface area contributed by atoms with Crippen molar-refractivity contribution in [3.05, 3.63) is 0 Å². The van der Waals surface area contributed by atoms with Crippen LogP contribution in [-0.4, -0.2) is 48.2 Å². The molecule has 0 bridgehead atoms. The van der Waals surface area contributed by atoms with Gasteiger partial charge in [0, 0.05) is 6.04 Å². The van der Waals surface area contributed by atoms with E-state index < -0.39 is 5.97 Å². The van der Waals surface area contributed by atoms with Crippen LogP contribution in [-0.2, 0) is 4.79 Å². The van der Waals surface area contributed by atoms with Crippen molar-refractivity contribution in [1.82, 2.24) is 10.2 Å². The lowest BCUT2D eigenvalue weighted by molar-refractivity contribution is -0.140. The summed E-state index contributed by atoms with van der Waals surface area (Å²) in [6.45, 7) is 6.32. The van der Waals surface area contributed by atoms with Gasteiger partial charge >= 0.3 is 5.97 Å². The molecule has 4 heteroatoms. The number of carboxylic acid groups (broad SMARTS) is 1. The van der Waals surface area contributed by atoms with Crippen molar-refractivity contribution in [1.29, 1.82) is 0 Å². The van der Waals surface area contributed by atoms with Gasteiger partial charge in [-0.1, -0.05) is 13.8 Å². The van der Waals surface area contributed by atoms with E-state index in [1.165, 1.54) is 0 Å². The molecule has 0 radical (unpaired) electrons. The molecule has 0 amide bonds. The normalized spacial score (nSPS) is 24.6. The average molecular weight is 242 g/mol. The fourth-order valence-corrected chi connectivity index (χ4v) is 2.40. The maximum Gasteiger partial charge on any atom is 0.320 e. The summed E-state index contributed by atoms with van der Waals surface area (Å²) in [5.74, 6) is -0.298. The highest BCUT2D eigenvalue weighted by atomic mass is 16.4. The highest BCUT2D eigenvalue weighted by Gasteiger charge is 2.23. The highest BCUT2D eigenvalue weighted by Crippen LogP contribution is 2.13. The summed E-state index contributed by atoms with van der Waals surface area (Å²) in [5, 5.41) is 12.5. The second-order valence-corrected chi connectivity index (χ2v) is 5.62. The second kappa shape index (κ2) is 6.97. The van der Waals surface area contributed by atoms with Crippen molar-refractivity contribution >= 4 is 5.97 Å². The van der Waals surface area contributed by atoms with Crippen LogP contribution in [0.2, 0.25) is 0 Å². The number of rotatable bonds is 5. The van der Waals surface area contributed by atoms with Crippen LogP contribution in [0.15, 0.2) is 0 Å². The predicted octanol–water partition coefficient (Wildman–Crippen LogP) is 1.56. The third-order valence-electron chi connectivity index (χ3n) is 3.39. The van der Waals surface area contributed by atoms with Crippen LogP contribution in [0, 0.1) is 5.92 Å². The summed E-state index contributed by atoms with van der Waals surface area (Å²) in [5.41, 5.74) is 0. The first-order valence-corrected chi connectivity index (χ1v) is 6.66. The third-order valence-corrected chi connectivity index (χ3v) is 3.39. The molecule has 100 valence electrons. The van der Waals surface area contributed by atoms with Gasteiger partial charge < -0.3 is 15.3 Å². The van der Waals surface area contributed by atoms with Crippen LogP contribution in [0.25, 0.3) is 0 Å². The summed E-state index contributed by atoms with van der Waals surface area (Å²) in [6.07, 6.45) is 4.01. The van der Waals surface area contributed by atoms with E-state index in [9.17, 15) is 9.90 Å². The van der Waals surface area contributed by atoms with Gasteiger partial charge in [-0.05, 0) is 51.7 Å². The molecule has 0 aliphatic carbocycles. The van der Waals surface area contributed by atoms with Crippen molar-refractivity contribution in [2.45, 2.75) is 51.6 Å². The van der Waals surface area contributed by atoms with E-state index in [4.69, 9.17) is 0 Å². The van der Waals surface area contributed by atoms with Crippen molar-refractivity contribution in [3.63, 3.8) is 0 Å². The zero-order valence-electron chi connectivity index (χ0n) is 11.3. The van der Waals surface area contributed by atoms with E-state index in [2.05, 4.69) is 31.1 Å². The summed E-state index contributed by atoms with van der Waals surface area (Å²) in [7, 11) is 2.13. The summed E-state index contributed by atoms with van der Waals surface area (Å²) in [4.78, 5) is 13.5. The van der Waals surface area contributed by atoms with Crippen molar-refractivity contribution in [2.75, 3.05) is 20.1 Å². The first-order valence-electron chi connectivity index (χ1n) is 6.66. The van der Waals surface area contributed by atoms with Crippen LogP contribution >= 0.6 is 0 Å². The quantitative estimate of drug-likeness (QED) is 0.768. The molecule has 0 spiro atoms. The Morgan fingerprint density at radius 1 is 1.41 bits per heavy atom. The zero-order chi connectivity index (χ0) is 12.8. The van der Waals surface area contributed by atoms with Gasteiger partial charge in [0.05, 0.1) is 0 Å². The molecule has 0 aromatic rings. The molecule has 0 aromatic heterocycles. The predicted molar refractivity (Wildman–Crippen MR) is 69.2 cm³/mol. The monoisotopic (exact) mass is 242 g/mol. The SMILES string of the molecule is CC(C)CC(NC1CCCN(C)CC1)C(=O)O. The number of carboxylic acids is 1. The van der Waals surface area contributed by atoms with Gasteiger partial charge in [0.25, 0.3) is 0 Å². The topological polar surface area (TPSA) is 52.6 Å². The molecule has 2 atom stereocenters. The van der Waals surface area contributed by atoms with Gasteiger partial charge in [-0.15, -0.1) is 0 Å². The Balaban J connectivity index is 2.45. The summed E-state index contributed by atoms with van der Waals surface area (Å²) in [6, 6.07) is -0.0248. The molecule has 4 nitrogen and oxygen atoms in total. The molecular formula is C13H26N2O2. The molecular weight excluding hydrogens is 216 g/mol. The molecule has 1 heterocycles. The maximum atomic E-state index is 11.2. The van der Waals surface area contributed by atoms with Crippen LogP contribution in [0.1, 0.15) is 39.5 Å². The Morgan fingerprint density at radius 3 is 2.71 bits per heavy atom. The largest absolute Gasteiger partial charge is 0.480 e. The molecule has 1 rings (SSSR count). The number of hydrogen-bond acceptors (Lipinski definition) is 3. The first kappa shape index (κ1) is 14.5. The van der Waals surface area contributed by atoms with Gasteiger partial charge in [0.15, 0.2) is 0 Å². The Hall–Kier alpha value is -0.610. The van der Waals surface area contributed by atoms with E-state index in [0.29, 0.717) is 18.4 Å². The number of nitrogens with zero attached hydrogens (tertiary/aromatic N) is 1. The maximum absolute atomic E-state index is 11.2. The standard InChI is InChI=1S/C13H26N2O2/c1-10(2)9-12(13(16)17)14-11-5-4-7-15(3)8-6-11/h10-12,14H,4-9H2,1-3H3,(H,16,17). The van der Waals surface area contributed by atoms with Gasteiger partial charge in [-0.25, -0.2) is 0 Å². The molecule has 1 aliphatic heterocycles. The number of likely N-dealkylation sites (tertiary alicyclic amines) is 1. The molecule has 0 saturated carbocycles. The average Bonchev–Trinajstić information content (AvgIpc) is 2.42. The zero-order valence-corrected chi connectivity index (χ0v) is 11.3. The number of aliphatic carboxylic acids is 1. The molecule has 0 aromatic carbocycles. The van der Waals surface area contributed by atoms with Crippen LogP contribution in [0.3, 0.4) is 0 Å². The molecule has 1 fully saturated rings. The fourth-order valence-electron chi connectivity index (χ4n) is 2.40. The van der Waals surface area contributed by atoms with E-state index in [-0.39, 0.29) is 6.04 Å². The first-order chi connectivity index (χ1) is 7.99. The third kappa shape index (κ3) is 5.50. The molecule has 1 saturated heterocycles. The summed E-state index contributed by atoms with van der Waals surface area (Å²) >= 11 is 0. The molecule has 2 N–H and O–H groups in total. The van der Waals surface area contributed by atoms with Crippen molar-refractivity contribution in [2.24, 2.45) is 5.92 Å². The lowest BCUT2D eigenvalue weighted by atomic mass is 10.0. The van der Waals surface area contributed by atoms with E-state index in [0.717, 1.165) is 32.4 Å². The minimum atomic E-state index is -0.712. The molecule has 2 unspecified atom stereocenters. The highest BCUT2D eigenvalue weighted by molar-refractivity contribution is 5.73. The van der Waals surface area contributed by atoms with Gasteiger partial charge in [-0.3, -0.25) is 4.79 Å². The Labute approximate surface area is 104 Å². The molecule has 1 aliphatic rings. The van der Waals surface area contributed by atoms with Crippen LogP contribution in [0.4, 0.5) is 0 Å². The van der Waals surface area contributed by atoms with Crippen LogP contribution in [0.5, 0.6) is 0 Å². The lowest BCUT2D eigenvalue weighted by Crippen LogP contribution is -2.44. The smallest absolute Gasteiger partial charge is 0.320 e. The Morgan fingerprint density at radius 2 is 2.12 bits per heavy atom. The van der Waals surface area contributed by atoms with E-state index >= 15 is 0 Å². The minimum Gasteiger partial charge on any atom is -0.480 e. The fraction of sp³-hybridized carbons (Fsp3) is 0.923. The number of nitrogens with one attached hydrogen (secondary N) is 1. The van der Waals surface area contributed by atoms with Crippen molar-refractivity contribution in [3.8, 4) is 0 Å².